The van der Waals surface area contributed by atoms with E-state index in [1.165, 1.54) is 0 Å². The molecule has 0 rings (SSSR count). The van der Waals surface area contributed by atoms with Crippen LogP contribution in [0.5, 0.6) is 0 Å². The second kappa shape index (κ2) is 4.74. The van der Waals surface area contributed by atoms with Gasteiger partial charge >= 0.3 is 6.05 Å². The Labute approximate surface area is 71.3 Å². The van der Waals surface area contributed by atoms with Gasteiger partial charge < -0.3 is 5.32 Å². The van der Waals surface area contributed by atoms with Crippen molar-refractivity contribution in [1.29, 1.82) is 0 Å². The highest BCUT2D eigenvalue weighted by atomic mass is 35.5. The lowest BCUT2D eigenvalue weighted by Crippen LogP contribution is -2.39. The Morgan fingerprint density at radius 1 is 1.75 bits per heavy atom. The first-order chi connectivity index (χ1) is 5.54. The fourth-order valence-electron chi connectivity index (χ4n) is 0.369. The molecule has 0 radical (unpaired) electrons. The summed E-state index contributed by atoms with van der Waals surface area (Å²) < 4.78 is 24.5. The molecule has 1 N–H and O–H groups in total. The molecule has 5 nitrogen and oxygen atoms in total. The highest BCUT2D eigenvalue weighted by Gasteiger charge is 2.37. The molecule has 0 fully saturated rings. The van der Waals surface area contributed by atoms with Gasteiger partial charge in [-0.2, -0.15) is 8.78 Å². The molecule has 8 heteroatoms. The van der Waals surface area contributed by atoms with Gasteiger partial charge in [-0.15, -0.1) is 11.6 Å². The van der Waals surface area contributed by atoms with Crippen LogP contribution in [-0.2, 0) is 4.79 Å². The Kier molecular flexibility index (Phi) is 4.31. The van der Waals surface area contributed by atoms with Crippen LogP contribution in [-0.4, -0.2) is 24.4 Å². The summed E-state index contributed by atoms with van der Waals surface area (Å²) in [5, 5.41) is 3.77. The third-order valence-electron chi connectivity index (χ3n) is 0.824. The molecule has 0 spiro atoms. The molecule has 0 saturated heterocycles. The summed E-state index contributed by atoms with van der Waals surface area (Å²) in [5.74, 6) is -1.64. The Morgan fingerprint density at radius 2 is 2.33 bits per heavy atom. The van der Waals surface area contributed by atoms with Gasteiger partial charge in [0.15, 0.2) is 0 Å². The quantitative estimate of drug-likeness (QED) is 0.238. The van der Waals surface area contributed by atoms with Crippen LogP contribution < -0.4 is 5.32 Å². The lowest BCUT2D eigenvalue weighted by Gasteiger charge is -2.08. The Morgan fingerprint density at radius 3 is 2.75 bits per heavy atom. The van der Waals surface area contributed by atoms with Crippen molar-refractivity contribution in [2.75, 3.05) is 12.4 Å². The van der Waals surface area contributed by atoms with Crippen molar-refractivity contribution < 1.29 is 13.6 Å². The first-order valence-electron chi connectivity index (χ1n) is 2.83. The second-order valence-electron chi connectivity index (χ2n) is 1.68. The van der Waals surface area contributed by atoms with Crippen LogP contribution in [0, 0.1) is 0 Å². The lowest BCUT2D eigenvalue weighted by atomic mass is 10.5. The molecule has 0 aromatic carbocycles. The normalized spacial score (nSPS) is 10.2. The third-order valence-corrected chi connectivity index (χ3v) is 1.01. The standard InChI is InChI=1S/C4H5ClF2N4O/c5-1-2-9-3(12)4(6,7)10-11-8/h1-2H2,(H,9,12). The van der Waals surface area contributed by atoms with Gasteiger partial charge in [-0.25, -0.2) is 0 Å². The summed E-state index contributed by atoms with van der Waals surface area (Å²) in [7, 11) is 0. The molecule has 12 heavy (non-hydrogen) atoms. The van der Waals surface area contributed by atoms with Gasteiger partial charge in [0.1, 0.15) is 0 Å². The fraction of sp³-hybridized carbons (Fsp3) is 0.750. The van der Waals surface area contributed by atoms with Crippen LogP contribution in [0.2, 0.25) is 0 Å². The zero-order valence-electron chi connectivity index (χ0n) is 5.80. The summed E-state index contributed by atoms with van der Waals surface area (Å²) in [6.07, 6.45) is 0. The topological polar surface area (TPSA) is 77.9 Å². The van der Waals surface area contributed by atoms with Gasteiger partial charge in [0.2, 0.25) is 0 Å². The summed E-state index contributed by atoms with van der Waals surface area (Å²) >= 11 is 5.11. The van der Waals surface area contributed by atoms with Crippen LogP contribution in [0.4, 0.5) is 8.78 Å². The van der Waals surface area contributed by atoms with Crippen molar-refractivity contribution in [3.63, 3.8) is 0 Å². The van der Waals surface area contributed by atoms with Crippen molar-refractivity contribution in [2.45, 2.75) is 6.05 Å². The van der Waals surface area contributed by atoms with E-state index in [2.05, 4.69) is 0 Å². The summed E-state index contributed by atoms with van der Waals surface area (Å²) in [6, 6.07) is -4.04. The molecule has 0 aliphatic heterocycles. The minimum absolute atomic E-state index is 0.0120. The molecular formula is C4H5ClF2N4O. The molecular weight excluding hydrogens is 194 g/mol. The van der Waals surface area contributed by atoms with Crippen LogP contribution in [0.25, 0.3) is 10.4 Å². The largest absolute Gasteiger partial charge is 0.401 e. The van der Waals surface area contributed by atoms with E-state index in [0.717, 1.165) is 0 Å². The van der Waals surface area contributed by atoms with Gasteiger partial charge in [0.25, 0.3) is 5.91 Å². The number of amides is 1. The number of halogens is 3. The minimum Gasteiger partial charge on any atom is -0.350 e. The predicted molar refractivity (Wildman–Crippen MR) is 37.8 cm³/mol. The number of hydrogen-bond donors (Lipinski definition) is 1. The Bertz CT molecular complexity index is 215. The van der Waals surface area contributed by atoms with Crippen LogP contribution in [0.3, 0.4) is 0 Å². The monoisotopic (exact) mass is 198 g/mol. The average molecular weight is 199 g/mol. The Balaban J connectivity index is 4.15. The number of alkyl halides is 3. The molecule has 0 aromatic rings. The van der Waals surface area contributed by atoms with Crippen LogP contribution in [0.1, 0.15) is 0 Å². The number of carbonyl (C=O) groups is 1. The van der Waals surface area contributed by atoms with E-state index in [-0.39, 0.29) is 12.4 Å². The van der Waals surface area contributed by atoms with Crippen LogP contribution in [0.15, 0.2) is 5.11 Å². The maximum absolute atomic E-state index is 12.3. The van der Waals surface area contributed by atoms with Crippen molar-refractivity contribution in [1.82, 2.24) is 5.32 Å². The molecule has 0 bridgehead atoms. The minimum atomic E-state index is -4.04. The maximum Gasteiger partial charge on any atom is 0.401 e. The molecule has 68 valence electrons. The molecule has 0 atom stereocenters. The Hall–Kier alpha value is -1.07. The van der Waals surface area contributed by atoms with Gasteiger partial charge in [-0.1, -0.05) is 0 Å². The fourth-order valence-corrected chi connectivity index (χ4v) is 0.463. The number of nitrogens with zero attached hydrogens (tertiary/aromatic N) is 3. The van der Waals surface area contributed by atoms with E-state index >= 15 is 0 Å². The zero-order valence-corrected chi connectivity index (χ0v) is 6.55. The number of azide groups is 1. The van der Waals surface area contributed by atoms with Gasteiger partial charge in [0.05, 0.1) is 0 Å². The third kappa shape index (κ3) is 3.36. The van der Waals surface area contributed by atoms with E-state index in [0.29, 0.717) is 0 Å². The molecule has 0 aliphatic carbocycles. The molecule has 1 amide bonds. The molecule has 0 unspecified atom stereocenters. The van der Waals surface area contributed by atoms with Crippen molar-refractivity contribution in [3.8, 4) is 0 Å². The van der Waals surface area contributed by atoms with E-state index < -0.39 is 12.0 Å². The highest BCUT2D eigenvalue weighted by molar-refractivity contribution is 6.18. The maximum atomic E-state index is 12.3. The molecule has 0 saturated carbocycles. The highest BCUT2D eigenvalue weighted by Crippen LogP contribution is 2.14. The van der Waals surface area contributed by atoms with Gasteiger partial charge in [-0.05, 0) is 10.6 Å². The smallest absolute Gasteiger partial charge is 0.350 e. The van der Waals surface area contributed by atoms with Crippen molar-refractivity contribution in [3.05, 3.63) is 10.4 Å². The lowest BCUT2D eigenvalue weighted by molar-refractivity contribution is -0.144. The number of nitrogens with one attached hydrogen (secondary N) is 1. The molecule has 0 aromatic heterocycles. The van der Waals surface area contributed by atoms with E-state index in [9.17, 15) is 13.6 Å². The summed E-state index contributed by atoms with van der Waals surface area (Å²) in [6.45, 7) is -0.100. The molecule has 0 aliphatic rings. The van der Waals surface area contributed by atoms with E-state index in [1.54, 1.807) is 5.32 Å². The van der Waals surface area contributed by atoms with Crippen molar-refractivity contribution >= 4 is 17.5 Å². The first kappa shape index (κ1) is 10.9. The van der Waals surface area contributed by atoms with Crippen LogP contribution >= 0.6 is 11.6 Å². The van der Waals surface area contributed by atoms with Gasteiger partial charge in [-0.3, -0.25) is 4.79 Å². The number of rotatable bonds is 4. The number of carbonyl (C=O) groups excluding carboxylic acids is 1. The SMILES string of the molecule is [N-]=[N+]=NC(F)(F)C(=O)NCCCl. The zero-order chi connectivity index (χ0) is 9.61. The first-order valence-corrected chi connectivity index (χ1v) is 3.36. The summed E-state index contributed by atoms with van der Waals surface area (Å²) in [5.41, 5.74) is 7.65. The van der Waals surface area contributed by atoms with Crippen molar-refractivity contribution in [2.24, 2.45) is 5.11 Å². The molecule has 0 heterocycles. The van der Waals surface area contributed by atoms with Gasteiger partial charge in [0, 0.05) is 17.3 Å². The second-order valence-corrected chi connectivity index (χ2v) is 2.05. The average Bonchev–Trinajstić information content (AvgIpc) is 2.00. The summed E-state index contributed by atoms with van der Waals surface area (Å²) in [4.78, 5) is 12.2. The van der Waals surface area contributed by atoms with E-state index in [1.807, 2.05) is 10.0 Å². The van der Waals surface area contributed by atoms with E-state index in [4.69, 9.17) is 17.1 Å². The number of hydrogen-bond acceptors (Lipinski definition) is 2. The predicted octanol–water partition coefficient (Wildman–Crippen LogP) is 1.24.